The summed E-state index contributed by atoms with van der Waals surface area (Å²) in [6.07, 6.45) is 10.4. The van der Waals surface area contributed by atoms with Crippen LogP contribution in [0.1, 0.15) is 84.6 Å². The second kappa shape index (κ2) is 13.8. The number of benzene rings is 1. The first-order valence-corrected chi connectivity index (χ1v) is 11.0. The van der Waals surface area contributed by atoms with Gasteiger partial charge >= 0.3 is 0 Å². The summed E-state index contributed by atoms with van der Waals surface area (Å²) in [6, 6.07) is 10.2. The van der Waals surface area contributed by atoms with E-state index in [0.717, 1.165) is 18.7 Å². The molecule has 2 nitrogen and oxygen atoms in total. The summed E-state index contributed by atoms with van der Waals surface area (Å²) in [5.74, 6) is 1.58. The van der Waals surface area contributed by atoms with Crippen molar-refractivity contribution >= 4 is 5.91 Å². The summed E-state index contributed by atoms with van der Waals surface area (Å²) < 4.78 is 0. The Morgan fingerprint density at radius 1 is 0.846 bits per heavy atom. The first kappa shape index (κ1) is 22.7. The second-order valence-electron chi connectivity index (χ2n) is 7.79. The molecule has 1 amide bonds. The zero-order valence-corrected chi connectivity index (χ0v) is 17.7. The minimum absolute atomic E-state index is 0.307. The number of carbonyl (C=O) groups excluding carboxylic acids is 1. The normalized spacial score (nSPS) is 13.4. The molecule has 2 heteroatoms. The van der Waals surface area contributed by atoms with Gasteiger partial charge in [-0.3, -0.25) is 4.79 Å². The van der Waals surface area contributed by atoms with Crippen LogP contribution in [0.3, 0.4) is 0 Å². The zero-order valence-electron chi connectivity index (χ0n) is 17.7. The Morgan fingerprint density at radius 3 is 1.77 bits per heavy atom. The Hall–Kier alpha value is -1.31. The lowest BCUT2D eigenvalue weighted by atomic mass is 9.95. The van der Waals surface area contributed by atoms with Crippen LogP contribution >= 0.6 is 0 Å². The van der Waals surface area contributed by atoms with Gasteiger partial charge in [0.05, 0.1) is 6.42 Å². The van der Waals surface area contributed by atoms with Crippen molar-refractivity contribution in [1.82, 2.24) is 4.90 Å². The van der Waals surface area contributed by atoms with Gasteiger partial charge < -0.3 is 4.90 Å². The fraction of sp³-hybridized carbons (Fsp3) is 0.708. The minimum Gasteiger partial charge on any atom is -0.342 e. The summed E-state index contributed by atoms with van der Waals surface area (Å²) >= 11 is 0. The van der Waals surface area contributed by atoms with E-state index in [4.69, 9.17) is 0 Å². The van der Waals surface area contributed by atoms with E-state index >= 15 is 0 Å². The van der Waals surface area contributed by atoms with Crippen LogP contribution in [0.15, 0.2) is 30.3 Å². The lowest BCUT2D eigenvalue weighted by molar-refractivity contribution is -0.132. The van der Waals surface area contributed by atoms with Crippen LogP contribution in [0, 0.1) is 11.8 Å². The molecule has 0 fully saturated rings. The van der Waals surface area contributed by atoms with Crippen molar-refractivity contribution in [3.05, 3.63) is 35.9 Å². The third-order valence-electron chi connectivity index (χ3n) is 5.59. The SMILES string of the molecule is CCCCC(CC)CN(CC(CC)CCCC)C(=O)Cc1ccccc1. The number of amides is 1. The molecule has 0 bridgehead atoms. The van der Waals surface area contributed by atoms with E-state index in [-0.39, 0.29) is 0 Å². The molecule has 0 saturated carbocycles. The lowest BCUT2D eigenvalue weighted by Crippen LogP contribution is -2.39. The maximum Gasteiger partial charge on any atom is 0.227 e. The average molecular weight is 360 g/mol. The van der Waals surface area contributed by atoms with Crippen LogP contribution in [0.2, 0.25) is 0 Å². The van der Waals surface area contributed by atoms with Gasteiger partial charge in [-0.05, 0) is 30.2 Å². The Labute approximate surface area is 162 Å². The summed E-state index contributed by atoms with van der Waals surface area (Å²) in [4.78, 5) is 15.3. The Kier molecular flexibility index (Phi) is 12.1. The third-order valence-corrected chi connectivity index (χ3v) is 5.59. The highest BCUT2D eigenvalue weighted by Crippen LogP contribution is 2.20. The predicted octanol–water partition coefficient (Wildman–Crippen LogP) is 6.49. The van der Waals surface area contributed by atoms with Gasteiger partial charge in [0.15, 0.2) is 0 Å². The molecule has 2 unspecified atom stereocenters. The lowest BCUT2D eigenvalue weighted by Gasteiger charge is -2.31. The number of hydrogen-bond acceptors (Lipinski definition) is 1. The van der Waals surface area contributed by atoms with E-state index in [0.29, 0.717) is 24.2 Å². The van der Waals surface area contributed by atoms with Crippen molar-refractivity contribution in [2.75, 3.05) is 13.1 Å². The monoisotopic (exact) mass is 359 g/mol. The molecule has 1 rings (SSSR count). The maximum atomic E-state index is 13.1. The van der Waals surface area contributed by atoms with E-state index in [9.17, 15) is 4.79 Å². The predicted molar refractivity (Wildman–Crippen MR) is 113 cm³/mol. The van der Waals surface area contributed by atoms with Crippen molar-refractivity contribution in [2.45, 2.75) is 85.5 Å². The Balaban J connectivity index is 2.79. The summed E-state index contributed by atoms with van der Waals surface area (Å²) in [7, 11) is 0. The van der Waals surface area contributed by atoms with Crippen LogP contribution in [0.25, 0.3) is 0 Å². The molecule has 26 heavy (non-hydrogen) atoms. The molecule has 0 N–H and O–H groups in total. The smallest absolute Gasteiger partial charge is 0.227 e. The van der Waals surface area contributed by atoms with Gasteiger partial charge in [0.2, 0.25) is 5.91 Å². The standard InChI is InChI=1S/C24H41NO/c1-5-9-14-21(7-3)19-25(20-22(8-4)15-10-6-2)24(26)18-23-16-12-11-13-17-23/h11-13,16-17,21-22H,5-10,14-15,18-20H2,1-4H3. The topological polar surface area (TPSA) is 20.3 Å². The van der Waals surface area contributed by atoms with E-state index in [1.807, 2.05) is 18.2 Å². The van der Waals surface area contributed by atoms with E-state index in [1.165, 1.54) is 51.4 Å². The maximum absolute atomic E-state index is 13.1. The van der Waals surface area contributed by atoms with Crippen molar-refractivity contribution in [3.63, 3.8) is 0 Å². The first-order chi connectivity index (χ1) is 12.6. The second-order valence-corrected chi connectivity index (χ2v) is 7.79. The van der Waals surface area contributed by atoms with Gasteiger partial charge in [-0.15, -0.1) is 0 Å². The van der Waals surface area contributed by atoms with Crippen molar-refractivity contribution < 1.29 is 4.79 Å². The van der Waals surface area contributed by atoms with E-state index in [1.54, 1.807) is 0 Å². The molecule has 148 valence electrons. The summed E-state index contributed by atoms with van der Waals surface area (Å²) in [6.45, 7) is 10.9. The molecule has 0 radical (unpaired) electrons. The van der Waals surface area contributed by atoms with Gasteiger partial charge in [0.25, 0.3) is 0 Å². The highest BCUT2D eigenvalue weighted by atomic mass is 16.2. The van der Waals surface area contributed by atoms with Crippen LogP contribution < -0.4 is 0 Å². The Morgan fingerprint density at radius 2 is 1.35 bits per heavy atom. The third kappa shape index (κ3) is 8.87. The molecule has 0 aliphatic carbocycles. The molecule has 0 aliphatic heterocycles. The van der Waals surface area contributed by atoms with Crippen LogP contribution in [0.5, 0.6) is 0 Å². The van der Waals surface area contributed by atoms with Crippen LogP contribution in [0.4, 0.5) is 0 Å². The van der Waals surface area contributed by atoms with Gasteiger partial charge in [0, 0.05) is 13.1 Å². The summed E-state index contributed by atoms with van der Waals surface area (Å²) in [5, 5.41) is 0. The molecule has 0 spiro atoms. The molecule has 1 aromatic rings. The van der Waals surface area contributed by atoms with Crippen molar-refractivity contribution in [3.8, 4) is 0 Å². The number of carbonyl (C=O) groups is 1. The van der Waals surface area contributed by atoms with E-state index in [2.05, 4.69) is 44.7 Å². The average Bonchev–Trinajstić information content (AvgIpc) is 2.67. The quantitative estimate of drug-likeness (QED) is 0.372. The van der Waals surface area contributed by atoms with Gasteiger partial charge in [-0.2, -0.15) is 0 Å². The van der Waals surface area contributed by atoms with E-state index < -0.39 is 0 Å². The van der Waals surface area contributed by atoms with Gasteiger partial charge in [-0.1, -0.05) is 96.6 Å². The molecule has 2 atom stereocenters. The molecule has 0 saturated heterocycles. The molecule has 0 aromatic heterocycles. The minimum atomic E-state index is 0.307. The fourth-order valence-corrected chi connectivity index (χ4v) is 3.62. The molecular weight excluding hydrogens is 318 g/mol. The highest BCUT2D eigenvalue weighted by Gasteiger charge is 2.21. The number of nitrogens with zero attached hydrogens (tertiary/aromatic N) is 1. The highest BCUT2D eigenvalue weighted by molar-refractivity contribution is 5.78. The zero-order chi connectivity index (χ0) is 19.2. The molecule has 0 aliphatic rings. The molecule has 1 aromatic carbocycles. The van der Waals surface area contributed by atoms with Crippen LogP contribution in [-0.2, 0) is 11.2 Å². The molecular formula is C24H41NO. The number of hydrogen-bond donors (Lipinski definition) is 0. The van der Waals surface area contributed by atoms with Crippen LogP contribution in [-0.4, -0.2) is 23.9 Å². The number of rotatable bonds is 14. The molecule has 0 heterocycles. The first-order valence-electron chi connectivity index (χ1n) is 11.0. The van der Waals surface area contributed by atoms with Gasteiger partial charge in [0.1, 0.15) is 0 Å². The van der Waals surface area contributed by atoms with Gasteiger partial charge in [-0.25, -0.2) is 0 Å². The Bertz CT molecular complexity index is 452. The largest absolute Gasteiger partial charge is 0.342 e. The summed E-state index contributed by atoms with van der Waals surface area (Å²) in [5.41, 5.74) is 1.13. The van der Waals surface area contributed by atoms with Crippen molar-refractivity contribution in [2.24, 2.45) is 11.8 Å². The van der Waals surface area contributed by atoms with Crippen molar-refractivity contribution in [1.29, 1.82) is 0 Å². The number of unbranched alkanes of at least 4 members (excludes halogenated alkanes) is 2. The fourth-order valence-electron chi connectivity index (χ4n) is 3.62.